The summed E-state index contributed by atoms with van der Waals surface area (Å²) in [5, 5.41) is 2.80. The van der Waals surface area contributed by atoms with Gasteiger partial charge < -0.3 is 5.32 Å². The molecule has 2 rings (SSSR count). The number of hydrogen-bond acceptors (Lipinski definition) is 3. The molecule has 62 valence electrons. The van der Waals surface area contributed by atoms with Gasteiger partial charge in [0.2, 0.25) is 11.2 Å². The summed E-state index contributed by atoms with van der Waals surface area (Å²) in [5.41, 5.74) is 0.617. The van der Waals surface area contributed by atoms with Gasteiger partial charge >= 0.3 is 0 Å². The van der Waals surface area contributed by atoms with E-state index in [4.69, 9.17) is 23.2 Å². The lowest BCUT2D eigenvalue weighted by Gasteiger charge is -1.98. The molecular formula is C6H3Cl2N3O. The first-order valence-corrected chi connectivity index (χ1v) is 3.94. The molecule has 4 nitrogen and oxygen atoms in total. The zero-order chi connectivity index (χ0) is 8.72. The molecule has 0 saturated heterocycles. The minimum Gasteiger partial charge on any atom is -0.310 e. The highest BCUT2D eigenvalue weighted by molar-refractivity contribution is 6.33. The monoisotopic (exact) mass is 203 g/mol. The van der Waals surface area contributed by atoms with Gasteiger partial charge in [-0.05, 0) is 11.6 Å². The summed E-state index contributed by atoms with van der Waals surface area (Å²) in [6, 6.07) is 0. The van der Waals surface area contributed by atoms with E-state index in [1.807, 2.05) is 0 Å². The predicted molar refractivity (Wildman–Crippen MR) is 44.4 cm³/mol. The van der Waals surface area contributed by atoms with Crippen LogP contribution < -0.4 is 5.32 Å². The molecule has 0 aromatic carbocycles. The lowest BCUT2D eigenvalue weighted by atomic mass is 10.3. The van der Waals surface area contributed by atoms with E-state index in [9.17, 15) is 4.79 Å². The van der Waals surface area contributed by atoms with Crippen molar-refractivity contribution < 1.29 is 4.79 Å². The highest BCUT2D eigenvalue weighted by atomic mass is 35.5. The largest absolute Gasteiger partial charge is 0.310 e. The third-order valence-electron chi connectivity index (χ3n) is 1.52. The maximum atomic E-state index is 10.9. The first-order valence-electron chi connectivity index (χ1n) is 3.18. The summed E-state index contributed by atoms with van der Waals surface area (Å²) in [7, 11) is 0. The molecule has 0 aliphatic carbocycles. The molecule has 2 heterocycles. The third kappa shape index (κ3) is 1.13. The number of fused-ring (bicyclic) bond motifs is 1. The molecule has 0 unspecified atom stereocenters. The molecule has 0 atom stereocenters. The molecule has 0 fully saturated rings. The van der Waals surface area contributed by atoms with Crippen LogP contribution in [-0.4, -0.2) is 15.9 Å². The van der Waals surface area contributed by atoms with Crippen molar-refractivity contribution in [2.24, 2.45) is 0 Å². The Morgan fingerprint density at radius 3 is 2.83 bits per heavy atom. The highest BCUT2D eigenvalue weighted by Gasteiger charge is 2.23. The van der Waals surface area contributed by atoms with E-state index in [0.29, 0.717) is 11.4 Å². The van der Waals surface area contributed by atoms with Gasteiger partial charge in [0.1, 0.15) is 11.0 Å². The van der Waals surface area contributed by atoms with Crippen LogP contribution >= 0.6 is 23.2 Å². The summed E-state index contributed by atoms with van der Waals surface area (Å²) in [6.45, 7) is 0. The first-order chi connectivity index (χ1) is 5.66. The molecule has 12 heavy (non-hydrogen) atoms. The standard InChI is InChI=1S/C6H3Cl2N3O/c7-4-2-1-3(12)9-5(2)11-6(8)10-4/h1H2,(H,9,10,11,12). The average Bonchev–Trinajstić information content (AvgIpc) is 2.29. The second kappa shape index (κ2) is 2.57. The smallest absolute Gasteiger partial charge is 0.230 e. The minimum atomic E-state index is -0.136. The Kier molecular flexibility index (Phi) is 1.66. The van der Waals surface area contributed by atoms with Crippen LogP contribution in [0.25, 0.3) is 0 Å². The number of rotatable bonds is 0. The van der Waals surface area contributed by atoms with Crippen molar-refractivity contribution in [1.82, 2.24) is 9.97 Å². The summed E-state index contributed by atoms with van der Waals surface area (Å²) < 4.78 is 0. The van der Waals surface area contributed by atoms with Gasteiger partial charge in [-0.25, -0.2) is 4.98 Å². The normalized spacial score (nSPS) is 14.3. The van der Waals surface area contributed by atoms with Crippen molar-refractivity contribution >= 4 is 34.9 Å². The van der Waals surface area contributed by atoms with E-state index in [1.54, 1.807) is 0 Å². The van der Waals surface area contributed by atoms with Crippen LogP contribution in [0.15, 0.2) is 0 Å². The van der Waals surface area contributed by atoms with Crippen LogP contribution in [0, 0.1) is 0 Å². The van der Waals surface area contributed by atoms with Crippen molar-refractivity contribution in [2.75, 3.05) is 5.32 Å². The summed E-state index contributed by atoms with van der Waals surface area (Å²) in [5.74, 6) is 0.286. The molecule has 0 radical (unpaired) electrons. The Morgan fingerprint density at radius 2 is 2.08 bits per heavy atom. The lowest BCUT2D eigenvalue weighted by molar-refractivity contribution is -0.115. The maximum absolute atomic E-state index is 10.9. The molecule has 1 aliphatic heterocycles. The van der Waals surface area contributed by atoms with Crippen molar-refractivity contribution in [1.29, 1.82) is 0 Å². The Bertz CT molecular complexity index is 366. The molecule has 1 N–H and O–H groups in total. The third-order valence-corrected chi connectivity index (χ3v) is 2.01. The van der Waals surface area contributed by atoms with E-state index in [0.717, 1.165) is 0 Å². The number of carbonyl (C=O) groups is 1. The van der Waals surface area contributed by atoms with Crippen LogP contribution in [0.3, 0.4) is 0 Å². The Hall–Kier alpha value is -0.870. The number of anilines is 1. The van der Waals surface area contributed by atoms with Crippen molar-refractivity contribution in [3.63, 3.8) is 0 Å². The summed E-state index contributed by atoms with van der Waals surface area (Å²) >= 11 is 11.2. The van der Waals surface area contributed by atoms with Gasteiger partial charge in [-0.2, -0.15) is 4.98 Å². The van der Waals surface area contributed by atoms with Crippen LogP contribution in [0.5, 0.6) is 0 Å². The minimum absolute atomic E-state index is 0.0425. The molecule has 1 aromatic rings. The molecule has 0 bridgehead atoms. The molecule has 1 aliphatic rings. The van der Waals surface area contributed by atoms with Crippen LogP contribution in [0.4, 0.5) is 5.82 Å². The van der Waals surface area contributed by atoms with Gasteiger partial charge in [0.05, 0.1) is 6.42 Å². The van der Waals surface area contributed by atoms with Crippen LogP contribution in [0.2, 0.25) is 10.4 Å². The topological polar surface area (TPSA) is 54.9 Å². The van der Waals surface area contributed by atoms with Crippen LogP contribution in [-0.2, 0) is 11.2 Å². The molecule has 1 amide bonds. The summed E-state index contributed by atoms with van der Waals surface area (Å²) in [6.07, 6.45) is 0.228. The van der Waals surface area contributed by atoms with Gasteiger partial charge in [0, 0.05) is 5.56 Å². The van der Waals surface area contributed by atoms with Crippen molar-refractivity contribution in [3.8, 4) is 0 Å². The molecule has 1 aromatic heterocycles. The number of amides is 1. The second-order valence-corrected chi connectivity index (χ2v) is 3.03. The predicted octanol–water partition coefficient (Wildman–Crippen LogP) is 1.28. The van der Waals surface area contributed by atoms with E-state index < -0.39 is 0 Å². The zero-order valence-corrected chi connectivity index (χ0v) is 7.28. The fourth-order valence-corrected chi connectivity index (χ4v) is 1.48. The van der Waals surface area contributed by atoms with E-state index in [1.165, 1.54) is 0 Å². The molecule has 0 saturated carbocycles. The lowest BCUT2D eigenvalue weighted by Crippen LogP contribution is -2.04. The zero-order valence-electron chi connectivity index (χ0n) is 5.77. The van der Waals surface area contributed by atoms with Gasteiger partial charge in [-0.3, -0.25) is 4.79 Å². The van der Waals surface area contributed by atoms with Gasteiger partial charge in [-0.1, -0.05) is 11.6 Å². The quantitative estimate of drug-likeness (QED) is 0.511. The van der Waals surface area contributed by atoms with Crippen molar-refractivity contribution in [2.45, 2.75) is 6.42 Å². The second-order valence-electron chi connectivity index (χ2n) is 2.34. The Balaban J connectivity index is 2.59. The number of aromatic nitrogens is 2. The maximum Gasteiger partial charge on any atom is 0.230 e. The van der Waals surface area contributed by atoms with Gasteiger partial charge in [0.15, 0.2) is 0 Å². The van der Waals surface area contributed by atoms with E-state index >= 15 is 0 Å². The fourth-order valence-electron chi connectivity index (χ4n) is 1.03. The fraction of sp³-hybridized carbons (Fsp3) is 0.167. The Labute approximate surface area is 77.9 Å². The number of nitrogens with zero attached hydrogens (tertiary/aromatic N) is 2. The molecular weight excluding hydrogens is 201 g/mol. The SMILES string of the molecule is O=C1Cc2c(Cl)nc(Cl)nc2N1. The van der Waals surface area contributed by atoms with E-state index in [2.05, 4.69) is 15.3 Å². The summed E-state index contributed by atoms with van der Waals surface area (Å²) in [4.78, 5) is 18.4. The van der Waals surface area contributed by atoms with Crippen molar-refractivity contribution in [3.05, 3.63) is 16.0 Å². The number of carbonyl (C=O) groups excluding carboxylic acids is 1. The highest BCUT2D eigenvalue weighted by Crippen LogP contribution is 2.27. The number of halogens is 2. The van der Waals surface area contributed by atoms with E-state index in [-0.39, 0.29) is 22.8 Å². The number of nitrogens with one attached hydrogen (secondary N) is 1. The number of hydrogen-bond donors (Lipinski definition) is 1. The Morgan fingerprint density at radius 1 is 1.33 bits per heavy atom. The van der Waals surface area contributed by atoms with Gasteiger partial charge in [0.25, 0.3) is 0 Å². The molecule has 6 heteroatoms. The van der Waals surface area contributed by atoms with Crippen LogP contribution in [0.1, 0.15) is 5.56 Å². The van der Waals surface area contributed by atoms with Gasteiger partial charge in [-0.15, -0.1) is 0 Å². The molecule has 0 spiro atoms. The average molecular weight is 204 g/mol. The first kappa shape index (κ1) is 7.76.